The largest absolute Gasteiger partial charge is 0.457 e. The molecule has 0 bridgehead atoms. The zero-order valence-corrected chi connectivity index (χ0v) is 20.8. The smallest absolute Gasteiger partial charge is 0.269 e. The lowest BCUT2D eigenvalue weighted by atomic mass is 10.2. The number of aromatic nitrogens is 3. The van der Waals surface area contributed by atoms with Crippen molar-refractivity contribution in [1.82, 2.24) is 25.2 Å². The van der Waals surface area contributed by atoms with E-state index in [0.29, 0.717) is 24.1 Å². The minimum absolute atomic E-state index is 0.273. The van der Waals surface area contributed by atoms with Crippen LogP contribution in [0.25, 0.3) is 10.9 Å². The van der Waals surface area contributed by atoms with Gasteiger partial charge in [-0.15, -0.1) is 0 Å². The summed E-state index contributed by atoms with van der Waals surface area (Å²) in [5.74, 6) is 1.36. The molecule has 2 N–H and O–H groups in total. The van der Waals surface area contributed by atoms with Gasteiger partial charge in [0.25, 0.3) is 5.91 Å². The Balaban J connectivity index is 1.81. The molecule has 0 unspecified atom stereocenters. The standard InChI is InChI=1S/C26H32N6O3/c1-6-7-8-22(18(2)32(4)13-14-34-5)30-26-29-17-19-15-20(9-10-23(19)31-26)35-21-11-12-28-24(16-21)25(33)27-3/h7-12,15-17H,6,13-14H2,1-5H3,(H,27,33)(H,29,30,31)/b8-7-,22-18-. The van der Waals surface area contributed by atoms with E-state index in [-0.39, 0.29) is 11.6 Å². The number of nitrogens with one attached hydrogen (secondary N) is 2. The Morgan fingerprint density at radius 3 is 2.71 bits per heavy atom. The predicted octanol–water partition coefficient (Wildman–Crippen LogP) is 4.36. The number of rotatable bonds is 11. The maximum absolute atomic E-state index is 11.8. The molecule has 184 valence electrons. The number of fused-ring (bicyclic) bond motifs is 1. The second-order valence-corrected chi connectivity index (χ2v) is 7.82. The van der Waals surface area contributed by atoms with Crippen LogP contribution in [0.1, 0.15) is 30.8 Å². The average Bonchev–Trinajstić information content (AvgIpc) is 2.88. The third-order valence-electron chi connectivity index (χ3n) is 5.34. The number of nitrogens with zero attached hydrogens (tertiary/aromatic N) is 4. The lowest BCUT2D eigenvalue weighted by Gasteiger charge is -2.22. The van der Waals surface area contributed by atoms with Gasteiger partial charge < -0.3 is 25.0 Å². The lowest BCUT2D eigenvalue weighted by Crippen LogP contribution is -2.23. The quantitative estimate of drug-likeness (QED) is 0.394. The van der Waals surface area contributed by atoms with Gasteiger partial charge in [0, 0.05) is 57.3 Å². The Labute approximate surface area is 205 Å². The second kappa shape index (κ2) is 12.5. The second-order valence-electron chi connectivity index (χ2n) is 7.82. The number of hydrogen-bond donors (Lipinski definition) is 2. The fourth-order valence-corrected chi connectivity index (χ4v) is 3.21. The van der Waals surface area contributed by atoms with E-state index in [4.69, 9.17) is 9.47 Å². The summed E-state index contributed by atoms with van der Waals surface area (Å²) < 4.78 is 11.1. The topological polar surface area (TPSA) is 102 Å². The molecule has 3 rings (SSSR count). The monoisotopic (exact) mass is 476 g/mol. The van der Waals surface area contributed by atoms with Crippen LogP contribution in [0, 0.1) is 0 Å². The summed E-state index contributed by atoms with van der Waals surface area (Å²) in [4.78, 5) is 27.2. The first-order valence-electron chi connectivity index (χ1n) is 11.4. The number of carbonyl (C=O) groups excluding carboxylic acids is 1. The summed E-state index contributed by atoms with van der Waals surface area (Å²) >= 11 is 0. The lowest BCUT2D eigenvalue weighted by molar-refractivity contribution is 0.0958. The molecule has 0 atom stereocenters. The van der Waals surface area contributed by atoms with Crippen LogP contribution in [0.5, 0.6) is 11.5 Å². The molecule has 2 heterocycles. The van der Waals surface area contributed by atoms with Gasteiger partial charge in [-0.25, -0.2) is 9.97 Å². The van der Waals surface area contributed by atoms with Crippen molar-refractivity contribution >= 4 is 22.8 Å². The summed E-state index contributed by atoms with van der Waals surface area (Å²) in [6.07, 6.45) is 8.35. The molecular formula is C26H32N6O3. The molecule has 0 saturated carbocycles. The van der Waals surface area contributed by atoms with Gasteiger partial charge in [-0.3, -0.25) is 9.78 Å². The summed E-state index contributed by atoms with van der Waals surface area (Å²) in [5, 5.41) is 6.74. The first-order chi connectivity index (χ1) is 16.9. The third-order valence-corrected chi connectivity index (χ3v) is 5.34. The Hall–Kier alpha value is -3.98. The van der Waals surface area contributed by atoms with E-state index in [0.717, 1.165) is 35.3 Å². The molecule has 0 spiro atoms. The molecule has 0 aliphatic rings. The maximum Gasteiger partial charge on any atom is 0.269 e. The van der Waals surface area contributed by atoms with E-state index < -0.39 is 0 Å². The number of benzene rings is 1. The Morgan fingerprint density at radius 2 is 1.97 bits per heavy atom. The highest BCUT2D eigenvalue weighted by atomic mass is 16.5. The van der Waals surface area contributed by atoms with Crippen molar-refractivity contribution in [3.63, 3.8) is 0 Å². The first-order valence-corrected chi connectivity index (χ1v) is 11.4. The van der Waals surface area contributed by atoms with Crippen LogP contribution in [0.15, 0.2) is 66.3 Å². The van der Waals surface area contributed by atoms with Crippen molar-refractivity contribution in [2.75, 3.05) is 39.7 Å². The third kappa shape index (κ3) is 7.00. The van der Waals surface area contributed by atoms with Crippen LogP contribution in [0.3, 0.4) is 0 Å². The van der Waals surface area contributed by atoms with Gasteiger partial charge in [0.05, 0.1) is 17.8 Å². The number of carbonyl (C=O) groups is 1. The SMILES string of the molecule is CC/C=C\C(Nc1ncc2cc(Oc3ccnc(C(=O)NC)c3)ccc2n1)=C(/C)N(C)CCOC. The fraction of sp³-hybridized carbons (Fsp3) is 0.308. The van der Waals surface area contributed by atoms with Crippen LogP contribution in [-0.2, 0) is 4.74 Å². The molecule has 1 amide bonds. The first kappa shape index (κ1) is 25.6. The Bertz CT molecular complexity index is 1220. The molecule has 9 nitrogen and oxygen atoms in total. The van der Waals surface area contributed by atoms with Crippen LogP contribution < -0.4 is 15.4 Å². The van der Waals surface area contributed by atoms with Crippen molar-refractivity contribution in [1.29, 1.82) is 0 Å². The van der Waals surface area contributed by atoms with E-state index in [2.05, 4.69) is 50.4 Å². The van der Waals surface area contributed by atoms with Gasteiger partial charge in [-0.2, -0.15) is 0 Å². The molecule has 0 aliphatic carbocycles. The molecule has 3 aromatic rings. The van der Waals surface area contributed by atoms with Crippen molar-refractivity contribution in [3.8, 4) is 11.5 Å². The van der Waals surface area contributed by atoms with Crippen LogP contribution >= 0.6 is 0 Å². The normalized spacial score (nSPS) is 11.9. The fourth-order valence-electron chi connectivity index (χ4n) is 3.21. The number of likely N-dealkylation sites (N-methyl/N-ethyl adjacent to an activating group) is 1. The van der Waals surface area contributed by atoms with Crippen LogP contribution in [0.4, 0.5) is 5.95 Å². The van der Waals surface area contributed by atoms with Crippen molar-refractivity contribution in [3.05, 3.63) is 72.0 Å². The van der Waals surface area contributed by atoms with Gasteiger partial charge in [0.2, 0.25) is 5.95 Å². The van der Waals surface area contributed by atoms with Crippen molar-refractivity contribution < 1.29 is 14.3 Å². The Kier molecular flexibility index (Phi) is 9.14. The summed E-state index contributed by atoms with van der Waals surface area (Å²) in [6.45, 7) is 5.56. The minimum atomic E-state index is -0.273. The molecule has 2 aromatic heterocycles. The molecule has 0 saturated heterocycles. The van der Waals surface area contributed by atoms with Crippen molar-refractivity contribution in [2.45, 2.75) is 20.3 Å². The summed E-state index contributed by atoms with van der Waals surface area (Å²) in [7, 11) is 5.28. The maximum atomic E-state index is 11.8. The molecule has 0 radical (unpaired) electrons. The number of hydrogen-bond acceptors (Lipinski definition) is 8. The van der Waals surface area contributed by atoms with Crippen LogP contribution in [-0.4, -0.2) is 60.1 Å². The highest BCUT2D eigenvalue weighted by Crippen LogP contribution is 2.26. The van der Waals surface area contributed by atoms with E-state index >= 15 is 0 Å². The molecule has 0 fully saturated rings. The number of amides is 1. The van der Waals surface area contributed by atoms with Gasteiger partial charge in [0.15, 0.2) is 0 Å². The zero-order valence-electron chi connectivity index (χ0n) is 20.8. The average molecular weight is 477 g/mol. The van der Waals surface area contributed by atoms with Gasteiger partial charge in [-0.05, 0) is 43.7 Å². The van der Waals surface area contributed by atoms with E-state index in [9.17, 15) is 4.79 Å². The zero-order chi connectivity index (χ0) is 25.2. The predicted molar refractivity (Wildman–Crippen MR) is 137 cm³/mol. The summed E-state index contributed by atoms with van der Waals surface area (Å²) in [5.41, 5.74) is 3.05. The van der Waals surface area contributed by atoms with Gasteiger partial charge in [0.1, 0.15) is 17.2 Å². The molecule has 35 heavy (non-hydrogen) atoms. The number of ether oxygens (including phenoxy) is 2. The minimum Gasteiger partial charge on any atom is -0.457 e. The molecular weight excluding hydrogens is 444 g/mol. The molecule has 9 heteroatoms. The van der Waals surface area contributed by atoms with Crippen molar-refractivity contribution in [2.24, 2.45) is 0 Å². The Morgan fingerprint density at radius 1 is 1.17 bits per heavy atom. The highest BCUT2D eigenvalue weighted by molar-refractivity contribution is 5.92. The van der Waals surface area contributed by atoms with Gasteiger partial charge >= 0.3 is 0 Å². The molecule has 1 aromatic carbocycles. The van der Waals surface area contributed by atoms with E-state index in [1.807, 2.05) is 31.3 Å². The number of anilines is 1. The van der Waals surface area contributed by atoms with E-state index in [1.54, 1.807) is 32.5 Å². The highest BCUT2D eigenvalue weighted by Gasteiger charge is 2.10. The number of methoxy groups -OCH3 is 1. The summed E-state index contributed by atoms with van der Waals surface area (Å²) in [6, 6.07) is 8.86. The van der Waals surface area contributed by atoms with Gasteiger partial charge in [-0.1, -0.05) is 13.0 Å². The number of allylic oxidation sites excluding steroid dienone is 3. The van der Waals surface area contributed by atoms with Crippen LogP contribution in [0.2, 0.25) is 0 Å². The number of pyridine rings is 1. The molecule has 0 aliphatic heterocycles. The van der Waals surface area contributed by atoms with E-state index in [1.165, 1.54) is 6.20 Å².